The third-order valence-corrected chi connectivity index (χ3v) is 3.68. The molecule has 1 N–H and O–H groups in total. The van der Waals surface area contributed by atoms with Crippen LogP contribution in [0.4, 0.5) is 5.82 Å². The molecule has 104 valence electrons. The highest BCUT2D eigenvalue weighted by atomic mass is 16.4. The van der Waals surface area contributed by atoms with Crippen molar-refractivity contribution in [2.45, 2.75) is 44.4 Å². The molecule has 0 atom stereocenters. The minimum Gasteiger partial charge on any atom is -0.481 e. The van der Waals surface area contributed by atoms with Crippen molar-refractivity contribution in [1.29, 1.82) is 0 Å². The average molecular weight is 263 g/mol. The second-order valence-electron chi connectivity index (χ2n) is 5.17. The van der Waals surface area contributed by atoms with Crippen molar-refractivity contribution in [3.63, 3.8) is 0 Å². The van der Waals surface area contributed by atoms with Crippen molar-refractivity contribution in [1.82, 2.24) is 9.97 Å². The summed E-state index contributed by atoms with van der Waals surface area (Å²) in [6, 6.07) is 1.84. The molecule has 0 aromatic carbocycles. The van der Waals surface area contributed by atoms with Gasteiger partial charge in [-0.3, -0.25) is 4.79 Å². The number of aromatic nitrogens is 2. The molecule has 1 saturated carbocycles. The van der Waals surface area contributed by atoms with Gasteiger partial charge in [0.25, 0.3) is 0 Å². The van der Waals surface area contributed by atoms with Gasteiger partial charge in [-0.05, 0) is 18.9 Å². The van der Waals surface area contributed by atoms with Gasteiger partial charge in [0.15, 0.2) is 0 Å². The number of nitrogens with zero attached hydrogens (tertiary/aromatic N) is 3. The maximum absolute atomic E-state index is 10.6. The van der Waals surface area contributed by atoms with Crippen molar-refractivity contribution in [3.8, 4) is 0 Å². The molecule has 1 aliphatic rings. The van der Waals surface area contributed by atoms with Crippen molar-refractivity contribution in [3.05, 3.63) is 18.1 Å². The first-order valence-corrected chi connectivity index (χ1v) is 6.92. The first-order valence-electron chi connectivity index (χ1n) is 6.92. The predicted molar refractivity (Wildman–Crippen MR) is 73.4 cm³/mol. The first kappa shape index (κ1) is 13.8. The molecule has 2 rings (SSSR count). The highest BCUT2D eigenvalue weighted by Gasteiger charge is 2.18. The van der Waals surface area contributed by atoms with Crippen molar-refractivity contribution in [2.24, 2.45) is 0 Å². The second-order valence-corrected chi connectivity index (χ2v) is 5.17. The summed E-state index contributed by atoms with van der Waals surface area (Å²) in [5.41, 5.74) is 0. The van der Waals surface area contributed by atoms with E-state index in [0.29, 0.717) is 12.5 Å². The van der Waals surface area contributed by atoms with E-state index in [1.165, 1.54) is 32.1 Å². The van der Waals surface area contributed by atoms with Crippen LogP contribution in [0.5, 0.6) is 0 Å². The fraction of sp³-hybridized carbons (Fsp3) is 0.643. The van der Waals surface area contributed by atoms with Gasteiger partial charge in [-0.1, -0.05) is 19.3 Å². The summed E-state index contributed by atoms with van der Waals surface area (Å²) in [4.78, 5) is 21.4. The number of aliphatic carboxylic acids is 1. The summed E-state index contributed by atoms with van der Waals surface area (Å²) in [5.74, 6) is 1.42. The summed E-state index contributed by atoms with van der Waals surface area (Å²) in [6.45, 7) is 0.469. The minimum absolute atomic E-state index is 0.124. The molecule has 0 saturated heterocycles. The van der Waals surface area contributed by atoms with E-state index < -0.39 is 5.97 Å². The van der Waals surface area contributed by atoms with Crippen LogP contribution in [0.25, 0.3) is 0 Å². The maximum atomic E-state index is 10.6. The van der Waals surface area contributed by atoms with Crippen LogP contribution in [0, 0.1) is 0 Å². The summed E-state index contributed by atoms with van der Waals surface area (Å²) in [5, 5.41) is 8.71. The van der Waals surface area contributed by atoms with Crippen LogP contribution >= 0.6 is 0 Å². The largest absolute Gasteiger partial charge is 0.481 e. The molecule has 0 spiro atoms. The third-order valence-electron chi connectivity index (χ3n) is 3.68. The normalized spacial score (nSPS) is 16.3. The Balaban J connectivity index is 2.03. The van der Waals surface area contributed by atoms with Gasteiger partial charge in [-0.25, -0.2) is 9.97 Å². The lowest BCUT2D eigenvalue weighted by Crippen LogP contribution is -2.23. The van der Waals surface area contributed by atoms with Crippen molar-refractivity contribution in [2.75, 3.05) is 18.5 Å². The Morgan fingerprint density at radius 1 is 1.42 bits per heavy atom. The van der Waals surface area contributed by atoms with Crippen LogP contribution in [-0.4, -0.2) is 34.6 Å². The molecule has 5 nitrogen and oxygen atoms in total. The fourth-order valence-corrected chi connectivity index (χ4v) is 2.51. The predicted octanol–water partition coefficient (Wildman–Crippen LogP) is 2.44. The molecule has 0 bridgehead atoms. The summed E-state index contributed by atoms with van der Waals surface area (Å²) >= 11 is 0. The van der Waals surface area contributed by atoms with Crippen LogP contribution < -0.4 is 4.90 Å². The zero-order valence-corrected chi connectivity index (χ0v) is 11.4. The van der Waals surface area contributed by atoms with Gasteiger partial charge < -0.3 is 10.0 Å². The number of carbonyl (C=O) groups is 1. The molecule has 1 heterocycles. The van der Waals surface area contributed by atoms with Gasteiger partial charge in [0, 0.05) is 25.7 Å². The Morgan fingerprint density at radius 3 is 2.84 bits per heavy atom. The van der Waals surface area contributed by atoms with Crippen LogP contribution in [-0.2, 0) is 4.79 Å². The Bertz CT molecular complexity index is 430. The fourth-order valence-electron chi connectivity index (χ4n) is 2.51. The second kappa shape index (κ2) is 6.50. The molecule has 0 radical (unpaired) electrons. The van der Waals surface area contributed by atoms with Crippen LogP contribution in [0.2, 0.25) is 0 Å². The maximum Gasteiger partial charge on any atom is 0.305 e. The SMILES string of the molecule is CN(CCC(=O)O)c1ccnc(C2CCCCC2)n1. The number of anilines is 1. The lowest BCUT2D eigenvalue weighted by molar-refractivity contribution is -0.136. The van der Waals surface area contributed by atoms with Gasteiger partial charge in [0.1, 0.15) is 11.6 Å². The van der Waals surface area contributed by atoms with Crippen molar-refractivity contribution < 1.29 is 9.90 Å². The molecule has 0 amide bonds. The van der Waals surface area contributed by atoms with Crippen LogP contribution in [0.1, 0.15) is 50.3 Å². The summed E-state index contributed by atoms with van der Waals surface area (Å²) in [6.07, 6.45) is 8.07. The van der Waals surface area contributed by atoms with Gasteiger partial charge in [0.05, 0.1) is 6.42 Å². The average Bonchev–Trinajstić information content (AvgIpc) is 2.46. The molecular formula is C14H21N3O2. The third kappa shape index (κ3) is 3.91. The molecule has 0 unspecified atom stereocenters. The molecule has 1 aliphatic carbocycles. The van der Waals surface area contributed by atoms with E-state index in [9.17, 15) is 4.79 Å². The Morgan fingerprint density at radius 2 is 2.16 bits per heavy atom. The highest BCUT2D eigenvalue weighted by molar-refractivity contribution is 5.67. The number of hydrogen-bond acceptors (Lipinski definition) is 4. The molecule has 1 fully saturated rings. The van der Waals surface area contributed by atoms with Crippen LogP contribution in [0.3, 0.4) is 0 Å². The summed E-state index contributed by atoms with van der Waals surface area (Å²) in [7, 11) is 1.87. The number of carboxylic acids is 1. The smallest absolute Gasteiger partial charge is 0.305 e. The molecule has 19 heavy (non-hydrogen) atoms. The van der Waals surface area contributed by atoms with E-state index in [4.69, 9.17) is 5.11 Å². The lowest BCUT2D eigenvalue weighted by atomic mass is 9.89. The molecule has 1 aromatic rings. The number of rotatable bonds is 5. The quantitative estimate of drug-likeness (QED) is 0.883. The topological polar surface area (TPSA) is 66.3 Å². The van der Waals surface area contributed by atoms with E-state index in [1.54, 1.807) is 6.20 Å². The zero-order chi connectivity index (χ0) is 13.7. The lowest BCUT2D eigenvalue weighted by Gasteiger charge is -2.22. The van der Waals surface area contributed by atoms with E-state index in [1.807, 2.05) is 18.0 Å². The number of hydrogen-bond donors (Lipinski definition) is 1. The van der Waals surface area contributed by atoms with Gasteiger partial charge >= 0.3 is 5.97 Å². The number of carboxylic acid groups (broad SMARTS) is 1. The standard InChI is InChI=1S/C14H21N3O2/c1-17(10-8-13(18)19)12-7-9-15-14(16-12)11-5-3-2-4-6-11/h7,9,11H,2-6,8,10H2,1H3,(H,18,19). The Kier molecular flexibility index (Phi) is 4.71. The zero-order valence-electron chi connectivity index (χ0n) is 11.4. The molecular weight excluding hydrogens is 242 g/mol. The molecule has 1 aromatic heterocycles. The Hall–Kier alpha value is -1.65. The Labute approximate surface area is 113 Å². The minimum atomic E-state index is -0.784. The highest BCUT2D eigenvalue weighted by Crippen LogP contribution is 2.30. The van der Waals surface area contributed by atoms with Gasteiger partial charge in [0.2, 0.25) is 0 Å². The first-order chi connectivity index (χ1) is 9.16. The van der Waals surface area contributed by atoms with E-state index >= 15 is 0 Å². The monoisotopic (exact) mass is 263 g/mol. The molecule has 5 heteroatoms. The van der Waals surface area contributed by atoms with Gasteiger partial charge in [-0.2, -0.15) is 0 Å². The van der Waals surface area contributed by atoms with Crippen LogP contribution in [0.15, 0.2) is 12.3 Å². The van der Waals surface area contributed by atoms with E-state index in [2.05, 4.69) is 9.97 Å². The summed E-state index contributed by atoms with van der Waals surface area (Å²) < 4.78 is 0. The van der Waals surface area contributed by atoms with E-state index in [0.717, 1.165) is 11.6 Å². The van der Waals surface area contributed by atoms with Gasteiger partial charge in [-0.15, -0.1) is 0 Å². The molecule has 0 aliphatic heterocycles. The van der Waals surface area contributed by atoms with E-state index in [-0.39, 0.29) is 6.42 Å². The van der Waals surface area contributed by atoms with Crippen molar-refractivity contribution >= 4 is 11.8 Å².